The normalized spacial score (nSPS) is 10.9. The molecule has 3 rings (SSSR count). The van der Waals surface area contributed by atoms with Crippen molar-refractivity contribution in [1.29, 1.82) is 0 Å². The molecule has 0 atom stereocenters. The van der Waals surface area contributed by atoms with Crippen LogP contribution in [0, 0.1) is 12.7 Å². The summed E-state index contributed by atoms with van der Waals surface area (Å²) in [7, 11) is 0. The summed E-state index contributed by atoms with van der Waals surface area (Å²) in [6.45, 7) is 1.98. The molecule has 19 heavy (non-hydrogen) atoms. The van der Waals surface area contributed by atoms with Crippen molar-refractivity contribution in [2.75, 3.05) is 0 Å². The fraction of sp³-hybridized carbons (Fsp3) is 0.0769. The summed E-state index contributed by atoms with van der Waals surface area (Å²) in [6.07, 6.45) is 1.45. The molecule has 0 aliphatic carbocycles. The number of halogens is 2. The summed E-state index contributed by atoms with van der Waals surface area (Å²) >= 11 is 4.74. The molecular weight excluding hydrogens is 331 g/mol. The second kappa shape index (κ2) is 4.86. The second-order valence-corrected chi connectivity index (χ2v) is 5.78. The molecule has 3 aromatic rings. The smallest absolute Gasteiger partial charge is 0.240 e. The predicted molar refractivity (Wildman–Crippen MR) is 76.3 cm³/mol. The largest absolute Gasteiger partial charge is 0.437 e. The Hall–Kier alpha value is -1.53. The molecule has 1 aromatic carbocycles. The third-order valence-electron chi connectivity index (χ3n) is 2.55. The van der Waals surface area contributed by atoms with E-state index in [1.807, 2.05) is 12.3 Å². The van der Waals surface area contributed by atoms with E-state index in [-0.39, 0.29) is 5.82 Å². The van der Waals surface area contributed by atoms with Crippen LogP contribution in [0.1, 0.15) is 5.56 Å². The van der Waals surface area contributed by atoms with Crippen LogP contribution in [0.15, 0.2) is 34.4 Å². The van der Waals surface area contributed by atoms with Crippen molar-refractivity contribution in [3.05, 3.63) is 45.8 Å². The first kappa shape index (κ1) is 12.5. The maximum atomic E-state index is 13.3. The van der Waals surface area contributed by atoms with Crippen molar-refractivity contribution >= 4 is 37.5 Å². The summed E-state index contributed by atoms with van der Waals surface area (Å²) in [6, 6.07) is 4.38. The predicted octanol–water partition coefficient (Wildman–Crippen LogP) is 4.69. The molecule has 0 saturated carbocycles. The minimum Gasteiger partial charge on any atom is -0.437 e. The van der Waals surface area contributed by atoms with Gasteiger partial charge in [-0.2, -0.15) is 0 Å². The molecule has 0 saturated heterocycles. The summed E-state index contributed by atoms with van der Waals surface area (Å²) in [5.74, 6) is 0.482. The summed E-state index contributed by atoms with van der Waals surface area (Å²) in [5.41, 5.74) is 1.94. The highest BCUT2D eigenvalue weighted by molar-refractivity contribution is 9.10. The fourth-order valence-electron chi connectivity index (χ4n) is 1.72. The lowest BCUT2D eigenvalue weighted by Gasteiger charge is -2.06. The van der Waals surface area contributed by atoms with Gasteiger partial charge in [-0.05, 0) is 30.0 Å². The first-order chi connectivity index (χ1) is 9.13. The molecule has 0 radical (unpaired) electrons. The Morgan fingerprint density at radius 3 is 2.89 bits per heavy atom. The van der Waals surface area contributed by atoms with Crippen molar-refractivity contribution in [2.24, 2.45) is 0 Å². The number of ether oxygens (including phenoxy) is 1. The van der Waals surface area contributed by atoms with E-state index >= 15 is 0 Å². The minimum atomic E-state index is -0.364. The zero-order valence-electron chi connectivity index (χ0n) is 9.85. The van der Waals surface area contributed by atoms with Gasteiger partial charge in [0.1, 0.15) is 22.6 Å². The number of rotatable bonds is 2. The Balaban J connectivity index is 2.05. The zero-order chi connectivity index (χ0) is 13.4. The Labute approximate surface area is 121 Å². The maximum Gasteiger partial charge on any atom is 0.240 e. The molecule has 0 bridgehead atoms. The second-order valence-electron chi connectivity index (χ2n) is 3.98. The molecular formula is C13H8BrFN2OS. The van der Waals surface area contributed by atoms with E-state index in [2.05, 4.69) is 25.9 Å². The first-order valence-corrected chi connectivity index (χ1v) is 7.13. The van der Waals surface area contributed by atoms with Gasteiger partial charge >= 0.3 is 0 Å². The van der Waals surface area contributed by atoms with Gasteiger partial charge in [-0.15, -0.1) is 11.3 Å². The highest BCUT2D eigenvalue weighted by Crippen LogP contribution is 2.33. The lowest BCUT2D eigenvalue weighted by molar-refractivity contribution is 0.463. The van der Waals surface area contributed by atoms with E-state index < -0.39 is 0 Å². The number of aryl methyl sites for hydroxylation is 1. The van der Waals surface area contributed by atoms with Crippen LogP contribution in [0.4, 0.5) is 4.39 Å². The van der Waals surface area contributed by atoms with Gasteiger partial charge in [0.2, 0.25) is 5.88 Å². The Morgan fingerprint density at radius 2 is 2.11 bits per heavy atom. The Bertz CT molecular complexity index is 739. The van der Waals surface area contributed by atoms with Gasteiger partial charge in [-0.3, -0.25) is 0 Å². The number of fused-ring (bicyclic) bond motifs is 1. The molecule has 96 valence electrons. The quantitative estimate of drug-likeness (QED) is 0.679. The molecule has 0 amide bonds. The highest BCUT2D eigenvalue weighted by Gasteiger charge is 2.10. The van der Waals surface area contributed by atoms with Crippen LogP contribution in [-0.4, -0.2) is 9.97 Å². The van der Waals surface area contributed by atoms with E-state index in [1.165, 1.54) is 29.8 Å². The lowest BCUT2D eigenvalue weighted by atomic mass is 10.3. The van der Waals surface area contributed by atoms with E-state index in [9.17, 15) is 4.39 Å². The topological polar surface area (TPSA) is 35.0 Å². The van der Waals surface area contributed by atoms with Gasteiger partial charge in [0.25, 0.3) is 0 Å². The highest BCUT2D eigenvalue weighted by atomic mass is 79.9. The van der Waals surface area contributed by atoms with Crippen molar-refractivity contribution in [3.8, 4) is 11.6 Å². The summed E-state index contributed by atoms with van der Waals surface area (Å²) < 4.78 is 20.4. The van der Waals surface area contributed by atoms with Gasteiger partial charge in [-0.1, -0.05) is 15.9 Å². The van der Waals surface area contributed by atoms with Crippen LogP contribution < -0.4 is 4.74 Å². The van der Waals surface area contributed by atoms with Gasteiger partial charge in [0.15, 0.2) is 0 Å². The lowest BCUT2D eigenvalue weighted by Crippen LogP contribution is -1.90. The zero-order valence-corrected chi connectivity index (χ0v) is 12.3. The molecule has 0 spiro atoms. The molecule has 6 heteroatoms. The van der Waals surface area contributed by atoms with Gasteiger partial charge < -0.3 is 4.74 Å². The van der Waals surface area contributed by atoms with Crippen molar-refractivity contribution in [2.45, 2.75) is 6.92 Å². The number of hydrogen-bond donors (Lipinski definition) is 0. The van der Waals surface area contributed by atoms with Crippen molar-refractivity contribution < 1.29 is 9.13 Å². The van der Waals surface area contributed by atoms with Crippen LogP contribution in [0.5, 0.6) is 11.6 Å². The molecule has 2 heterocycles. The molecule has 0 aliphatic rings. The number of thiophene rings is 1. The van der Waals surface area contributed by atoms with Crippen molar-refractivity contribution in [3.63, 3.8) is 0 Å². The number of nitrogens with zero attached hydrogens (tertiary/aromatic N) is 2. The molecule has 0 fully saturated rings. The maximum absolute atomic E-state index is 13.3. The average Bonchev–Trinajstić information content (AvgIpc) is 2.71. The number of benzene rings is 1. The number of aromatic nitrogens is 2. The van der Waals surface area contributed by atoms with E-state index in [0.717, 1.165) is 15.8 Å². The van der Waals surface area contributed by atoms with Crippen LogP contribution in [0.3, 0.4) is 0 Å². The fourth-order valence-corrected chi connectivity index (χ4v) is 3.09. The Kier molecular flexibility index (Phi) is 3.20. The van der Waals surface area contributed by atoms with E-state index in [4.69, 9.17) is 4.74 Å². The van der Waals surface area contributed by atoms with Crippen LogP contribution >= 0.6 is 27.3 Å². The van der Waals surface area contributed by atoms with Gasteiger partial charge in [0, 0.05) is 10.5 Å². The third-order valence-corrected chi connectivity index (χ3v) is 4.08. The molecule has 2 aromatic heterocycles. The van der Waals surface area contributed by atoms with Gasteiger partial charge in [0.05, 0.1) is 5.52 Å². The van der Waals surface area contributed by atoms with E-state index in [1.54, 1.807) is 6.07 Å². The first-order valence-electron chi connectivity index (χ1n) is 5.46. The Morgan fingerprint density at radius 1 is 1.26 bits per heavy atom. The molecule has 3 nitrogen and oxygen atoms in total. The third kappa shape index (κ3) is 2.46. The van der Waals surface area contributed by atoms with Crippen molar-refractivity contribution in [1.82, 2.24) is 9.97 Å². The number of hydrogen-bond acceptors (Lipinski definition) is 4. The summed E-state index contributed by atoms with van der Waals surface area (Å²) in [4.78, 5) is 8.33. The SMILES string of the molecule is Cc1csc2c(Oc3cc(F)cc(Br)c3)ncnc12. The van der Waals surface area contributed by atoms with Crippen LogP contribution in [0.2, 0.25) is 0 Å². The van der Waals surface area contributed by atoms with Crippen LogP contribution in [0.25, 0.3) is 10.2 Å². The van der Waals surface area contributed by atoms with Crippen LogP contribution in [-0.2, 0) is 0 Å². The molecule has 0 aliphatic heterocycles. The average molecular weight is 339 g/mol. The monoisotopic (exact) mass is 338 g/mol. The standard InChI is InChI=1S/C13H8BrFN2OS/c1-7-5-19-12-11(7)16-6-17-13(12)18-10-3-8(14)2-9(15)4-10/h2-6H,1H3. The minimum absolute atomic E-state index is 0.364. The van der Waals surface area contributed by atoms with E-state index in [0.29, 0.717) is 16.1 Å². The molecule has 0 unspecified atom stereocenters. The van der Waals surface area contributed by atoms with Gasteiger partial charge in [-0.25, -0.2) is 14.4 Å². The molecule has 0 N–H and O–H groups in total. The summed E-state index contributed by atoms with van der Waals surface area (Å²) in [5, 5.41) is 1.99.